The second kappa shape index (κ2) is 3.13. The van der Waals surface area contributed by atoms with Crippen LogP contribution in [0.2, 0.25) is 0 Å². The van der Waals surface area contributed by atoms with Gasteiger partial charge in [0.2, 0.25) is 5.95 Å². The molecule has 0 saturated carbocycles. The zero-order valence-corrected chi connectivity index (χ0v) is 7.98. The zero-order chi connectivity index (χ0) is 11.1. The van der Waals surface area contributed by atoms with Gasteiger partial charge in [-0.3, -0.25) is 0 Å². The molecule has 2 aromatic heterocycles. The highest BCUT2D eigenvalue weighted by atomic mass is 19.2. The number of hydrogen-bond acceptors (Lipinski definition) is 2. The summed E-state index contributed by atoms with van der Waals surface area (Å²) in [6, 6.07) is 3.85. The van der Waals surface area contributed by atoms with Crippen molar-refractivity contribution < 1.29 is 8.78 Å². The highest BCUT2D eigenvalue weighted by Crippen LogP contribution is 2.17. The molecule has 0 spiro atoms. The summed E-state index contributed by atoms with van der Waals surface area (Å²) >= 11 is 0. The molecular weight excluding hydrogens is 214 g/mol. The van der Waals surface area contributed by atoms with Gasteiger partial charge < -0.3 is 4.98 Å². The number of imidazole rings is 1. The first kappa shape index (κ1) is 9.02. The molecule has 0 aliphatic rings. The van der Waals surface area contributed by atoms with E-state index in [4.69, 9.17) is 0 Å². The van der Waals surface area contributed by atoms with Crippen LogP contribution in [-0.2, 0) is 0 Å². The van der Waals surface area contributed by atoms with Crippen LogP contribution in [0.1, 0.15) is 0 Å². The lowest BCUT2D eigenvalue weighted by atomic mass is 10.3. The summed E-state index contributed by atoms with van der Waals surface area (Å²) in [7, 11) is 0. The summed E-state index contributed by atoms with van der Waals surface area (Å²) < 4.78 is 27.4. The quantitative estimate of drug-likeness (QED) is 0.682. The van der Waals surface area contributed by atoms with Crippen molar-refractivity contribution >= 4 is 11.0 Å². The smallest absolute Gasteiger partial charge is 0.229 e. The van der Waals surface area contributed by atoms with Gasteiger partial charge in [0.1, 0.15) is 0 Å². The topological polar surface area (TPSA) is 46.5 Å². The van der Waals surface area contributed by atoms with Crippen molar-refractivity contribution in [2.24, 2.45) is 0 Å². The van der Waals surface area contributed by atoms with Gasteiger partial charge in [0.15, 0.2) is 11.6 Å². The van der Waals surface area contributed by atoms with Crippen LogP contribution in [0.25, 0.3) is 17.0 Å². The van der Waals surface area contributed by atoms with Crippen LogP contribution in [0, 0.1) is 11.6 Å². The molecule has 0 aliphatic heterocycles. The molecule has 80 valence electrons. The first-order valence-electron chi connectivity index (χ1n) is 4.59. The maximum atomic E-state index is 13.0. The number of aromatic amines is 1. The van der Waals surface area contributed by atoms with Gasteiger partial charge in [-0.25, -0.2) is 18.4 Å². The van der Waals surface area contributed by atoms with Gasteiger partial charge in [0.05, 0.1) is 11.0 Å². The normalized spacial score (nSPS) is 11.1. The van der Waals surface area contributed by atoms with Crippen LogP contribution < -0.4 is 0 Å². The molecule has 1 N–H and O–H groups in total. The molecular formula is C10H6F2N4. The van der Waals surface area contributed by atoms with Crippen molar-refractivity contribution in [3.8, 4) is 5.95 Å². The number of hydrogen-bond donors (Lipinski definition) is 1. The van der Waals surface area contributed by atoms with Crippen LogP contribution in [-0.4, -0.2) is 19.7 Å². The van der Waals surface area contributed by atoms with Crippen molar-refractivity contribution in [1.82, 2.24) is 19.7 Å². The Labute approximate surface area is 88.5 Å². The average Bonchev–Trinajstić information content (AvgIpc) is 2.86. The van der Waals surface area contributed by atoms with Gasteiger partial charge >= 0.3 is 0 Å². The van der Waals surface area contributed by atoms with Gasteiger partial charge in [-0.05, 0) is 6.07 Å². The van der Waals surface area contributed by atoms with E-state index in [1.54, 1.807) is 18.5 Å². The molecule has 0 radical (unpaired) electrons. The fourth-order valence-corrected chi connectivity index (χ4v) is 1.49. The Morgan fingerprint density at radius 2 is 2.00 bits per heavy atom. The number of nitrogens with zero attached hydrogens (tertiary/aromatic N) is 3. The monoisotopic (exact) mass is 220 g/mol. The lowest BCUT2D eigenvalue weighted by molar-refractivity contribution is 0.510. The maximum Gasteiger partial charge on any atom is 0.229 e. The molecule has 4 nitrogen and oxygen atoms in total. The van der Waals surface area contributed by atoms with E-state index in [2.05, 4.69) is 15.1 Å². The van der Waals surface area contributed by atoms with E-state index in [0.29, 0.717) is 17.0 Å². The molecule has 0 aliphatic carbocycles. The minimum Gasteiger partial charge on any atom is -0.322 e. The molecule has 3 aromatic rings. The molecule has 0 atom stereocenters. The van der Waals surface area contributed by atoms with Gasteiger partial charge in [-0.1, -0.05) is 0 Å². The number of fused-ring (bicyclic) bond motifs is 1. The molecule has 6 heteroatoms. The molecule has 0 unspecified atom stereocenters. The van der Waals surface area contributed by atoms with Gasteiger partial charge in [0.25, 0.3) is 0 Å². The predicted octanol–water partition coefficient (Wildman–Crippen LogP) is 2.03. The van der Waals surface area contributed by atoms with E-state index in [1.807, 2.05) is 0 Å². The summed E-state index contributed by atoms with van der Waals surface area (Å²) in [5.41, 5.74) is 0.800. The highest BCUT2D eigenvalue weighted by molar-refractivity contribution is 5.76. The molecule has 2 heterocycles. The summed E-state index contributed by atoms with van der Waals surface area (Å²) in [5, 5.41) is 3.96. The van der Waals surface area contributed by atoms with Crippen LogP contribution in [0.3, 0.4) is 0 Å². The third-order valence-electron chi connectivity index (χ3n) is 2.23. The van der Waals surface area contributed by atoms with Gasteiger partial charge in [-0.2, -0.15) is 5.10 Å². The van der Waals surface area contributed by atoms with Crippen LogP contribution in [0.5, 0.6) is 0 Å². The first-order valence-corrected chi connectivity index (χ1v) is 4.59. The number of halogens is 2. The van der Waals surface area contributed by atoms with Crippen LogP contribution in [0.4, 0.5) is 8.78 Å². The standard InChI is InChI=1S/C10H6F2N4/c11-6-4-8-9(5-7(6)12)15-10(14-8)16-3-1-2-13-16/h1-5H,(H,14,15). The maximum absolute atomic E-state index is 13.0. The lowest BCUT2D eigenvalue weighted by Gasteiger charge is -1.91. The Kier molecular flexibility index (Phi) is 1.76. The Balaban J connectivity index is 2.23. The third-order valence-corrected chi connectivity index (χ3v) is 2.23. The fourth-order valence-electron chi connectivity index (χ4n) is 1.49. The second-order valence-corrected chi connectivity index (χ2v) is 3.29. The SMILES string of the molecule is Fc1cc2nc(-n3cccn3)[nH]c2cc1F. The summed E-state index contributed by atoms with van der Waals surface area (Å²) in [6.45, 7) is 0. The molecule has 16 heavy (non-hydrogen) atoms. The van der Waals surface area contributed by atoms with E-state index < -0.39 is 11.6 Å². The number of nitrogens with one attached hydrogen (secondary N) is 1. The van der Waals surface area contributed by atoms with Crippen molar-refractivity contribution in [3.05, 3.63) is 42.2 Å². The number of H-pyrrole nitrogens is 1. The molecule has 3 rings (SSSR count). The second-order valence-electron chi connectivity index (χ2n) is 3.29. The van der Waals surface area contributed by atoms with Crippen molar-refractivity contribution in [1.29, 1.82) is 0 Å². The largest absolute Gasteiger partial charge is 0.322 e. The van der Waals surface area contributed by atoms with Crippen molar-refractivity contribution in [2.45, 2.75) is 0 Å². The Bertz CT molecular complexity index is 603. The van der Waals surface area contributed by atoms with Crippen molar-refractivity contribution in [3.63, 3.8) is 0 Å². The summed E-state index contributed by atoms with van der Waals surface area (Å²) in [4.78, 5) is 6.94. The van der Waals surface area contributed by atoms with E-state index in [9.17, 15) is 8.78 Å². The molecule has 0 amide bonds. The Morgan fingerprint density at radius 3 is 2.75 bits per heavy atom. The molecule has 1 aromatic carbocycles. The number of rotatable bonds is 1. The van der Waals surface area contributed by atoms with Gasteiger partial charge in [-0.15, -0.1) is 0 Å². The van der Waals surface area contributed by atoms with E-state index >= 15 is 0 Å². The number of benzene rings is 1. The van der Waals surface area contributed by atoms with Crippen LogP contribution in [0.15, 0.2) is 30.6 Å². The van der Waals surface area contributed by atoms with Gasteiger partial charge in [0, 0.05) is 24.5 Å². The fraction of sp³-hybridized carbons (Fsp3) is 0. The number of aromatic nitrogens is 4. The minimum atomic E-state index is -0.911. The third kappa shape index (κ3) is 1.27. The predicted molar refractivity (Wildman–Crippen MR) is 53.1 cm³/mol. The average molecular weight is 220 g/mol. The molecule has 0 bridgehead atoms. The Hall–Kier alpha value is -2.24. The van der Waals surface area contributed by atoms with E-state index in [0.717, 1.165) is 12.1 Å². The summed E-state index contributed by atoms with van der Waals surface area (Å²) in [5.74, 6) is -1.39. The molecule has 0 fully saturated rings. The lowest BCUT2D eigenvalue weighted by Crippen LogP contribution is -1.95. The van der Waals surface area contributed by atoms with Crippen LogP contribution >= 0.6 is 0 Å². The van der Waals surface area contributed by atoms with E-state index in [1.165, 1.54) is 4.68 Å². The highest BCUT2D eigenvalue weighted by Gasteiger charge is 2.09. The Morgan fingerprint density at radius 1 is 1.19 bits per heavy atom. The molecule has 0 saturated heterocycles. The minimum absolute atomic E-state index is 0.365. The first-order chi connectivity index (χ1) is 7.74. The summed E-state index contributed by atoms with van der Waals surface area (Å²) in [6.07, 6.45) is 3.28. The van der Waals surface area contributed by atoms with Crippen molar-refractivity contribution in [2.75, 3.05) is 0 Å². The zero-order valence-electron chi connectivity index (χ0n) is 7.98. The van der Waals surface area contributed by atoms with E-state index in [-0.39, 0.29) is 0 Å².